The van der Waals surface area contributed by atoms with E-state index in [1.165, 1.54) is 24.3 Å². The van der Waals surface area contributed by atoms with E-state index in [9.17, 15) is 33.9 Å². The Morgan fingerprint density at radius 1 is 0.795 bits per heavy atom. The van der Waals surface area contributed by atoms with Crippen LogP contribution in [0.5, 0.6) is 23.0 Å². The summed E-state index contributed by atoms with van der Waals surface area (Å²) in [6, 6.07) is 7.62. The summed E-state index contributed by atoms with van der Waals surface area (Å²) < 4.78 is 29.5. The van der Waals surface area contributed by atoms with Crippen molar-refractivity contribution in [2.75, 3.05) is 14.2 Å². The first kappa shape index (κ1) is 27.9. The van der Waals surface area contributed by atoms with Gasteiger partial charge in [-0.25, -0.2) is 19.2 Å². The van der Waals surface area contributed by atoms with Gasteiger partial charge >= 0.3 is 23.9 Å². The molecule has 0 saturated heterocycles. The fourth-order valence-electron chi connectivity index (χ4n) is 3.03. The molecule has 3 aromatic rings. The molecule has 0 amide bonds. The van der Waals surface area contributed by atoms with E-state index < -0.39 is 46.2 Å². The van der Waals surface area contributed by atoms with Gasteiger partial charge in [-0.2, -0.15) is 0 Å². The van der Waals surface area contributed by atoms with Crippen molar-refractivity contribution in [3.05, 3.63) is 70.9 Å². The smallest absolute Gasteiger partial charge is 0.336 e. The van der Waals surface area contributed by atoms with E-state index in [1.807, 2.05) is 0 Å². The maximum Gasteiger partial charge on any atom is 0.336 e. The first-order valence-electron chi connectivity index (χ1n) is 10.7. The van der Waals surface area contributed by atoms with Crippen LogP contribution in [0.1, 0.15) is 0 Å². The zero-order valence-corrected chi connectivity index (χ0v) is 20.2. The molecule has 1 N–H and O–H groups in total. The highest BCUT2D eigenvalue weighted by molar-refractivity contribution is 5.96. The second-order valence-corrected chi connectivity index (χ2v) is 7.20. The standard InChI is InChI=1S/C26H18O13/c1-34-19(28)7-9-21(30)37-16-11-17(38-22(31)10-8-20(29)35-2)23-18(12-16)39-26(25(33)24(23)32)14-3-5-15(6-4-14)36-13-27/h3-13,33H,1-2H3/b9-7+,10-8+. The van der Waals surface area contributed by atoms with Crippen molar-refractivity contribution in [2.45, 2.75) is 0 Å². The van der Waals surface area contributed by atoms with Crippen LogP contribution in [0.25, 0.3) is 22.3 Å². The molecule has 13 heteroatoms. The molecule has 0 spiro atoms. The van der Waals surface area contributed by atoms with Crippen LogP contribution in [0.4, 0.5) is 0 Å². The summed E-state index contributed by atoms with van der Waals surface area (Å²) in [6.07, 6.45) is 3.05. The van der Waals surface area contributed by atoms with E-state index in [0.717, 1.165) is 44.6 Å². The second-order valence-electron chi connectivity index (χ2n) is 7.20. The Labute approximate surface area is 218 Å². The van der Waals surface area contributed by atoms with Crippen LogP contribution in [0, 0.1) is 0 Å². The maximum atomic E-state index is 13.1. The fraction of sp³-hybridized carbons (Fsp3) is 0.0769. The quantitative estimate of drug-likeness (QED) is 0.181. The van der Waals surface area contributed by atoms with Crippen LogP contribution in [-0.4, -0.2) is 49.7 Å². The van der Waals surface area contributed by atoms with E-state index >= 15 is 0 Å². The van der Waals surface area contributed by atoms with E-state index in [0.29, 0.717) is 6.08 Å². The lowest BCUT2D eigenvalue weighted by Gasteiger charge is -2.11. The molecular weight excluding hydrogens is 520 g/mol. The Bertz CT molecular complexity index is 1560. The van der Waals surface area contributed by atoms with E-state index in [1.54, 1.807) is 0 Å². The highest BCUT2D eigenvalue weighted by atomic mass is 16.6. The molecule has 1 aromatic heterocycles. The minimum Gasteiger partial charge on any atom is -0.502 e. The van der Waals surface area contributed by atoms with Gasteiger partial charge in [0.2, 0.25) is 11.2 Å². The molecule has 0 fully saturated rings. The third-order valence-electron chi connectivity index (χ3n) is 4.75. The molecule has 200 valence electrons. The van der Waals surface area contributed by atoms with Crippen LogP contribution in [0.2, 0.25) is 0 Å². The maximum absolute atomic E-state index is 13.1. The third kappa shape index (κ3) is 6.95. The average Bonchev–Trinajstić information content (AvgIpc) is 2.92. The van der Waals surface area contributed by atoms with Gasteiger partial charge in [-0.15, -0.1) is 0 Å². The SMILES string of the molecule is COC(=O)/C=C/C(=O)Oc1cc(OC(=O)/C=C/C(=O)OC)c2c(=O)c(O)c(-c3ccc(OC=O)cc3)oc2c1. The Morgan fingerprint density at radius 3 is 1.92 bits per heavy atom. The molecular formula is C26H18O13. The lowest BCUT2D eigenvalue weighted by Crippen LogP contribution is -2.11. The number of esters is 4. The normalized spacial score (nSPS) is 10.8. The van der Waals surface area contributed by atoms with E-state index in [2.05, 4.69) is 9.47 Å². The highest BCUT2D eigenvalue weighted by Gasteiger charge is 2.22. The van der Waals surface area contributed by atoms with Gasteiger partial charge in [-0.3, -0.25) is 9.59 Å². The summed E-state index contributed by atoms with van der Waals surface area (Å²) in [6.45, 7) is 0.217. The number of methoxy groups -OCH3 is 2. The number of carbonyl (C=O) groups excluding carboxylic acids is 5. The lowest BCUT2D eigenvalue weighted by molar-refractivity contribution is -0.136. The molecule has 0 saturated carbocycles. The molecule has 0 unspecified atom stereocenters. The van der Waals surface area contributed by atoms with Gasteiger partial charge in [0.05, 0.1) is 14.2 Å². The number of rotatable bonds is 9. The molecule has 3 rings (SSSR count). The van der Waals surface area contributed by atoms with Crippen molar-refractivity contribution in [2.24, 2.45) is 0 Å². The lowest BCUT2D eigenvalue weighted by atomic mass is 10.1. The summed E-state index contributed by atoms with van der Waals surface area (Å²) in [5, 5.41) is 10.2. The Balaban J connectivity index is 2.13. The summed E-state index contributed by atoms with van der Waals surface area (Å²) in [4.78, 5) is 70.6. The second kappa shape index (κ2) is 12.5. The van der Waals surface area contributed by atoms with Crippen molar-refractivity contribution in [1.82, 2.24) is 0 Å². The number of hydrogen-bond acceptors (Lipinski definition) is 13. The summed E-state index contributed by atoms with van der Waals surface area (Å²) in [5.74, 6) is -5.58. The first-order valence-corrected chi connectivity index (χ1v) is 10.7. The summed E-state index contributed by atoms with van der Waals surface area (Å²) >= 11 is 0. The molecule has 39 heavy (non-hydrogen) atoms. The van der Waals surface area contributed by atoms with E-state index in [-0.39, 0.29) is 34.9 Å². The van der Waals surface area contributed by atoms with E-state index in [4.69, 9.17) is 18.6 Å². The number of hydrogen-bond donors (Lipinski definition) is 1. The van der Waals surface area contributed by atoms with Crippen LogP contribution >= 0.6 is 0 Å². The van der Waals surface area contributed by atoms with Gasteiger partial charge in [0.15, 0.2) is 5.76 Å². The molecule has 1 heterocycles. The number of ether oxygens (including phenoxy) is 5. The Kier molecular flexibility index (Phi) is 8.92. The molecule has 0 aliphatic heterocycles. The average molecular weight is 538 g/mol. The monoisotopic (exact) mass is 538 g/mol. The third-order valence-corrected chi connectivity index (χ3v) is 4.75. The topological polar surface area (TPSA) is 182 Å². The Hall–Kier alpha value is -5.72. The minimum atomic E-state index is -1.12. The first-order chi connectivity index (χ1) is 18.7. The zero-order chi connectivity index (χ0) is 28.5. The molecule has 0 aliphatic rings. The predicted molar refractivity (Wildman–Crippen MR) is 130 cm³/mol. The molecule has 0 aliphatic carbocycles. The molecule has 2 aromatic carbocycles. The number of benzene rings is 2. The van der Waals surface area contributed by atoms with Crippen LogP contribution in [0.3, 0.4) is 0 Å². The van der Waals surface area contributed by atoms with Crippen LogP contribution < -0.4 is 19.6 Å². The predicted octanol–water partition coefficient (Wildman–Crippen LogP) is 1.97. The number of carbonyl (C=O) groups is 5. The fourth-order valence-corrected chi connectivity index (χ4v) is 3.03. The highest BCUT2D eigenvalue weighted by Crippen LogP contribution is 2.36. The summed E-state index contributed by atoms with van der Waals surface area (Å²) in [7, 11) is 2.20. The molecule has 13 nitrogen and oxygen atoms in total. The largest absolute Gasteiger partial charge is 0.502 e. The van der Waals surface area contributed by atoms with Crippen molar-refractivity contribution in [3.63, 3.8) is 0 Å². The number of aromatic hydroxyl groups is 1. The van der Waals surface area contributed by atoms with Crippen molar-refractivity contribution in [1.29, 1.82) is 0 Å². The minimum absolute atomic E-state index is 0.180. The van der Waals surface area contributed by atoms with Gasteiger partial charge in [0, 0.05) is 42.0 Å². The van der Waals surface area contributed by atoms with Crippen molar-refractivity contribution >= 4 is 41.3 Å². The zero-order valence-electron chi connectivity index (χ0n) is 20.2. The van der Waals surface area contributed by atoms with Gasteiger partial charge < -0.3 is 33.2 Å². The van der Waals surface area contributed by atoms with Crippen LogP contribution in [0.15, 0.2) is 69.9 Å². The van der Waals surface area contributed by atoms with Gasteiger partial charge in [0.25, 0.3) is 6.47 Å². The van der Waals surface area contributed by atoms with Gasteiger partial charge in [0.1, 0.15) is 28.2 Å². The molecule has 0 radical (unpaired) electrons. The molecule has 0 bridgehead atoms. The van der Waals surface area contributed by atoms with Gasteiger partial charge in [-0.1, -0.05) is 0 Å². The summed E-state index contributed by atoms with van der Waals surface area (Å²) in [5.41, 5.74) is -1.08. The molecule has 0 atom stereocenters. The number of fused-ring (bicyclic) bond motifs is 1. The van der Waals surface area contributed by atoms with Gasteiger partial charge in [-0.05, 0) is 24.3 Å². The Morgan fingerprint density at radius 2 is 1.36 bits per heavy atom. The van der Waals surface area contributed by atoms with Crippen molar-refractivity contribution in [3.8, 4) is 34.3 Å². The van der Waals surface area contributed by atoms with Crippen molar-refractivity contribution < 1.29 is 57.2 Å². The van der Waals surface area contributed by atoms with Crippen LogP contribution in [-0.2, 0) is 33.4 Å².